The lowest BCUT2D eigenvalue weighted by Gasteiger charge is -2.12. The van der Waals surface area contributed by atoms with Gasteiger partial charge in [0, 0.05) is 42.7 Å². The number of non-ortho nitro benzene ring substituents is 1. The molecule has 0 bridgehead atoms. The van der Waals surface area contributed by atoms with Crippen molar-refractivity contribution in [3.05, 3.63) is 98.2 Å². The molecule has 1 amide bonds. The van der Waals surface area contributed by atoms with Crippen LogP contribution in [-0.2, 0) is 14.8 Å². The fourth-order valence-corrected chi connectivity index (χ4v) is 5.68. The van der Waals surface area contributed by atoms with Crippen LogP contribution in [0.3, 0.4) is 0 Å². The van der Waals surface area contributed by atoms with E-state index in [1.807, 2.05) is 6.92 Å². The maximum absolute atomic E-state index is 12.8. The zero-order chi connectivity index (χ0) is 27.9. The molecule has 198 valence electrons. The predicted octanol–water partition coefficient (Wildman–Crippen LogP) is 4.12. The number of nitrogens with zero attached hydrogens (tertiary/aromatic N) is 5. The molecular weight excluding hydrogens is 540 g/mol. The predicted molar refractivity (Wildman–Crippen MR) is 149 cm³/mol. The number of nitro benzene ring substituents is 1. The smallest absolute Gasteiger partial charge is 0.276 e. The monoisotopic (exact) mass is 562 g/mol. The first-order valence-corrected chi connectivity index (χ1v) is 13.9. The average molecular weight is 563 g/mol. The minimum Gasteiger partial charge on any atom is -0.320 e. The quantitative estimate of drug-likeness (QED) is 0.278. The minimum absolute atomic E-state index is 0.0598. The molecule has 0 saturated heterocycles. The van der Waals surface area contributed by atoms with Crippen LogP contribution in [0.4, 0.5) is 17.1 Å². The Bertz CT molecular complexity index is 1840. The summed E-state index contributed by atoms with van der Waals surface area (Å²) in [5.74, 6) is -0.384. The number of fused-ring (bicyclic) bond motifs is 1. The molecule has 0 fully saturated rings. The number of hydrogen-bond donors (Lipinski definition) is 1. The van der Waals surface area contributed by atoms with Crippen molar-refractivity contribution in [2.75, 3.05) is 19.4 Å². The lowest BCUT2D eigenvalue weighted by molar-refractivity contribution is -0.384. The summed E-state index contributed by atoms with van der Waals surface area (Å²) in [6, 6.07) is 17.8. The molecule has 0 spiro atoms. The fraction of sp³-hybridized carbons (Fsp3) is 0.115. The van der Waals surface area contributed by atoms with Crippen molar-refractivity contribution >= 4 is 50.0 Å². The molecule has 0 radical (unpaired) electrons. The highest BCUT2D eigenvalue weighted by Crippen LogP contribution is 2.28. The number of rotatable bonds is 6. The van der Waals surface area contributed by atoms with Crippen LogP contribution in [0.1, 0.15) is 11.1 Å². The zero-order valence-corrected chi connectivity index (χ0v) is 22.7. The van der Waals surface area contributed by atoms with Crippen molar-refractivity contribution in [1.29, 1.82) is 0 Å². The second-order valence-electron chi connectivity index (χ2n) is 8.82. The Balaban J connectivity index is 1.73. The highest BCUT2D eigenvalue weighted by Gasteiger charge is 2.26. The van der Waals surface area contributed by atoms with Crippen LogP contribution in [0.15, 0.2) is 87.1 Å². The molecule has 5 rings (SSSR count). The van der Waals surface area contributed by atoms with Gasteiger partial charge < -0.3 is 5.32 Å². The van der Waals surface area contributed by atoms with Crippen molar-refractivity contribution in [1.82, 2.24) is 8.98 Å². The SMILES string of the molecule is Cc1ccc(S(=O)(=O)N(C)C)cc1N=c1scc(-c2ccc([N+](=O)[O-])cc2)n1/N=C1/C(=O)Nc2ccccc21. The van der Waals surface area contributed by atoms with Crippen molar-refractivity contribution in [3.63, 3.8) is 0 Å². The van der Waals surface area contributed by atoms with Crippen LogP contribution in [-0.4, -0.2) is 48.0 Å². The van der Waals surface area contributed by atoms with Crippen LogP contribution in [0.5, 0.6) is 0 Å². The van der Waals surface area contributed by atoms with Crippen LogP contribution in [0.2, 0.25) is 0 Å². The van der Waals surface area contributed by atoms with Gasteiger partial charge in [0.05, 0.1) is 26.9 Å². The van der Waals surface area contributed by atoms with E-state index in [4.69, 9.17) is 4.99 Å². The van der Waals surface area contributed by atoms with E-state index in [-0.39, 0.29) is 22.2 Å². The molecule has 0 saturated carbocycles. The molecule has 4 aromatic rings. The number of para-hydroxylation sites is 1. The molecule has 1 aliphatic rings. The molecule has 1 aromatic heterocycles. The Morgan fingerprint density at radius 2 is 1.77 bits per heavy atom. The second kappa shape index (κ2) is 10.0. The topological polar surface area (TPSA) is 139 Å². The van der Waals surface area contributed by atoms with Gasteiger partial charge in [-0.15, -0.1) is 11.3 Å². The number of thiazole rings is 1. The number of sulfonamides is 1. The van der Waals surface area contributed by atoms with Crippen LogP contribution >= 0.6 is 11.3 Å². The van der Waals surface area contributed by atoms with Gasteiger partial charge in [-0.1, -0.05) is 24.3 Å². The maximum atomic E-state index is 12.8. The number of carbonyl (C=O) groups is 1. The first kappa shape index (κ1) is 26.2. The van der Waals surface area contributed by atoms with E-state index in [1.165, 1.54) is 54.4 Å². The molecule has 13 heteroatoms. The summed E-state index contributed by atoms with van der Waals surface area (Å²) < 4.78 is 28.1. The van der Waals surface area contributed by atoms with E-state index in [0.29, 0.717) is 33.0 Å². The lowest BCUT2D eigenvalue weighted by Crippen LogP contribution is -2.22. The van der Waals surface area contributed by atoms with E-state index in [9.17, 15) is 23.3 Å². The highest BCUT2D eigenvalue weighted by molar-refractivity contribution is 7.89. The Hall–Kier alpha value is -4.46. The van der Waals surface area contributed by atoms with Gasteiger partial charge in [-0.25, -0.2) is 22.4 Å². The molecular formula is C26H22N6O5S2. The number of aryl methyl sites for hydroxylation is 1. The van der Waals surface area contributed by atoms with Crippen molar-refractivity contribution in [2.24, 2.45) is 10.1 Å². The van der Waals surface area contributed by atoms with E-state index in [0.717, 1.165) is 9.87 Å². The molecule has 0 unspecified atom stereocenters. The van der Waals surface area contributed by atoms with E-state index in [1.54, 1.807) is 47.8 Å². The molecule has 1 N–H and O–H groups in total. The van der Waals surface area contributed by atoms with E-state index >= 15 is 0 Å². The van der Waals surface area contributed by atoms with E-state index in [2.05, 4.69) is 10.4 Å². The van der Waals surface area contributed by atoms with Crippen LogP contribution in [0, 0.1) is 17.0 Å². The van der Waals surface area contributed by atoms with Crippen LogP contribution < -0.4 is 10.1 Å². The maximum Gasteiger partial charge on any atom is 0.276 e. The summed E-state index contributed by atoms with van der Waals surface area (Å²) in [5.41, 5.74) is 3.69. The Kier molecular flexibility index (Phi) is 6.72. The van der Waals surface area contributed by atoms with Crippen LogP contribution in [0.25, 0.3) is 11.3 Å². The van der Waals surface area contributed by atoms with Gasteiger partial charge in [-0.05, 0) is 42.8 Å². The number of anilines is 1. The first-order chi connectivity index (χ1) is 18.6. The number of nitrogens with one attached hydrogen (secondary N) is 1. The molecule has 0 aliphatic carbocycles. The normalized spacial score (nSPS) is 14.6. The van der Waals surface area contributed by atoms with Gasteiger partial charge in [0.25, 0.3) is 11.6 Å². The van der Waals surface area contributed by atoms with Gasteiger partial charge in [-0.2, -0.15) is 5.10 Å². The highest BCUT2D eigenvalue weighted by atomic mass is 32.2. The molecule has 2 heterocycles. The number of hydrogen-bond acceptors (Lipinski definition) is 8. The van der Waals surface area contributed by atoms with Gasteiger partial charge in [-0.3, -0.25) is 14.9 Å². The largest absolute Gasteiger partial charge is 0.320 e. The number of benzene rings is 3. The van der Waals surface area contributed by atoms with Gasteiger partial charge in [0.1, 0.15) is 0 Å². The third-order valence-electron chi connectivity index (χ3n) is 6.08. The molecule has 1 aliphatic heterocycles. The van der Waals surface area contributed by atoms with Gasteiger partial charge >= 0.3 is 0 Å². The van der Waals surface area contributed by atoms with Gasteiger partial charge in [0.2, 0.25) is 14.8 Å². The average Bonchev–Trinajstić information content (AvgIpc) is 3.45. The fourth-order valence-electron chi connectivity index (χ4n) is 3.91. The molecule has 3 aromatic carbocycles. The molecule has 39 heavy (non-hydrogen) atoms. The summed E-state index contributed by atoms with van der Waals surface area (Å²) in [6.07, 6.45) is 0. The summed E-state index contributed by atoms with van der Waals surface area (Å²) in [7, 11) is -0.783. The third kappa shape index (κ3) is 4.90. The second-order valence-corrected chi connectivity index (χ2v) is 11.8. The Morgan fingerprint density at radius 1 is 1.05 bits per heavy atom. The first-order valence-electron chi connectivity index (χ1n) is 11.6. The number of nitro groups is 1. The molecule has 11 nitrogen and oxygen atoms in total. The Labute approximate surface area is 227 Å². The van der Waals surface area contributed by atoms with Gasteiger partial charge in [0.15, 0.2) is 5.71 Å². The lowest BCUT2D eigenvalue weighted by atomic mass is 10.1. The van der Waals surface area contributed by atoms with Crippen molar-refractivity contribution in [3.8, 4) is 11.3 Å². The number of aromatic nitrogens is 1. The minimum atomic E-state index is -3.69. The zero-order valence-electron chi connectivity index (χ0n) is 21.0. The summed E-state index contributed by atoms with van der Waals surface area (Å²) >= 11 is 1.23. The number of carbonyl (C=O) groups excluding carboxylic acids is 1. The summed E-state index contributed by atoms with van der Waals surface area (Å²) in [6.45, 7) is 1.81. The third-order valence-corrected chi connectivity index (χ3v) is 8.71. The van der Waals surface area contributed by atoms with Crippen molar-refractivity contribution < 1.29 is 18.1 Å². The Morgan fingerprint density at radius 3 is 2.46 bits per heavy atom. The standard InChI is InChI=1S/C26H22N6O5S2/c1-16-8-13-19(39(36,37)30(2)3)14-22(16)28-26-31(29-24-20-6-4-5-7-21(20)27-25(24)33)23(15-38-26)17-9-11-18(12-10-17)32(34)35/h4-15H,1-3H3,(H,27,29,33). The summed E-state index contributed by atoms with van der Waals surface area (Å²) in [5, 5.41) is 20.4. The molecule has 0 atom stereocenters. The van der Waals surface area contributed by atoms with E-state index < -0.39 is 14.9 Å². The number of amides is 1. The summed E-state index contributed by atoms with van der Waals surface area (Å²) in [4.78, 5) is 28.7. The van der Waals surface area contributed by atoms with Crippen molar-refractivity contribution in [2.45, 2.75) is 11.8 Å².